The standard InChI is InChI=1S/C27H20N4O3S.Na/c28-27-23-12-5-4-11-22(23)26(35(32,33)34)16-25(27)31-30-21-13-14-24(29-17-21)20-10-6-9-19(15-20)18-7-2-1-3-8-18;/h1-17H,28H2,(H,32,33,34);/q;+1/p-1. The van der Waals surface area contributed by atoms with E-state index in [1.165, 1.54) is 6.07 Å². The third kappa shape index (κ3) is 5.38. The topological polar surface area (TPSA) is 121 Å². The average molecular weight is 503 g/mol. The second-order valence-electron chi connectivity index (χ2n) is 7.86. The van der Waals surface area contributed by atoms with Crippen LogP contribution in [0.3, 0.4) is 0 Å². The Labute approximate surface area is 230 Å². The molecular weight excluding hydrogens is 483 g/mol. The van der Waals surface area contributed by atoms with Gasteiger partial charge in [-0.05, 0) is 35.4 Å². The number of nitrogens with zero attached hydrogens (tertiary/aromatic N) is 3. The van der Waals surface area contributed by atoms with E-state index in [1.807, 2.05) is 42.5 Å². The number of benzene rings is 4. The van der Waals surface area contributed by atoms with Gasteiger partial charge in [-0.15, -0.1) is 10.2 Å². The maximum Gasteiger partial charge on any atom is 1.00 e. The molecule has 9 heteroatoms. The molecule has 0 aliphatic carbocycles. The third-order valence-electron chi connectivity index (χ3n) is 5.58. The van der Waals surface area contributed by atoms with Gasteiger partial charge in [0.15, 0.2) is 0 Å². The molecule has 0 aliphatic rings. The molecule has 2 N–H and O–H groups in total. The predicted molar refractivity (Wildman–Crippen MR) is 136 cm³/mol. The van der Waals surface area contributed by atoms with Gasteiger partial charge in [-0.1, -0.05) is 72.8 Å². The van der Waals surface area contributed by atoms with Crippen LogP contribution in [0, 0.1) is 0 Å². The molecule has 0 radical (unpaired) electrons. The summed E-state index contributed by atoms with van der Waals surface area (Å²) in [5.41, 5.74) is 10.9. The molecule has 0 bridgehead atoms. The zero-order valence-electron chi connectivity index (χ0n) is 19.4. The van der Waals surface area contributed by atoms with Crippen molar-refractivity contribution in [1.29, 1.82) is 0 Å². The first-order chi connectivity index (χ1) is 16.9. The number of anilines is 1. The summed E-state index contributed by atoms with van der Waals surface area (Å²) in [6.45, 7) is 0. The second-order valence-corrected chi connectivity index (χ2v) is 9.20. The van der Waals surface area contributed by atoms with Gasteiger partial charge in [0, 0.05) is 16.3 Å². The van der Waals surface area contributed by atoms with Crippen LogP contribution in [-0.4, -0.2) is 18.0 Å². The quantitative estimate of drug-likeness (QED) is 0.171. The summed E-state index contributed by atoms with van der Waals surface area (Å²) in [5, 5.41) is 8.94. The Morgan fingerprint density at radius 2 is 1.39 bits per heavy atom. The van der Waals surface area contributed by atoms with E-state index in [1.54, 1.807) is 30.5 Å². The van der Waals surface area contributed by atoms with Crippen LogP contribution in [0.5, 0.6) is 0 Å². The van der Waals surface area contributed by atoms with E-state index in [4.69, 9.17) is 5.73 Å². The minimum Gasteiger partial charge on any atom is -0.744 e. The molecule has 0 aliphatic heterocycles. The number of azo groups is 1. The first kappa shape index (κ1) is 25.7. The molecule has 0 spiro atoms. The smallest absolute Gasteiger partial charge is 0.744 e. The van der Waals surface area contributed by atoms with Gasteiger partial charge in [-0.3, -0.25) is 4.98 Å². The van der Waals surface area contributed by atoms with Gasteiger partial charge >= 0.3 is 29.6 Å². The summed E-state index contributed by atoms with van der Waals surface area (Å²) in [4.78, 5) is 4.11. The molecule has 7 nitrogen and oxygen atoms in total. The van der Waals surface area contributed by atoms with Crippen LogP contribution < -0.4 is 35.3 Å². The Morgan fingerprint density at radius 1 is 0.722 bits per heavy atom. The summed E-state index contributed by atoms with van der Waals surface area (Å²) < 4.78 is 35.4. The third-order valence-corrected chi connectivity index (χ3v) is 6.46. The van der Waals surface area contributed by atoms with Gasteiger partial charge in [0.2, 0.25) is 0 Å². The summed E-state index contributed by atoms with van der Waals surface area (Å²) >= 11 is 0. The molecule has 0 atom stereocenters. The number of nitrogens with two attached hydrogens (primary N) is 1. The Morgan fingerprint density at radius 3 is 2.08 bits per heavy atom. The monoisotopic (exact) mass is 502 g/mol. The van der Waals surface area contributed by atoms with Crippen molar-refractivity contribution in [3.05, 3.63) is 103 Å². The van der Waals surface area contributed by atoms with Crippen LogP contribution >= 0.6 is 0 Å². The zero-order chi connectivity index (χ0) is 24.4. The SMILES string of the molecule is Nc1c(N=Nc2ccc(-c3cccc(-c4ccccc4)c3)nc2)cc(S(=O)(=O)[O-])c2ccccc12.[Na+]. The van der Waals surface area contributed by atoms with E-state index in [9.17, 15) is 13.0 Å². The van der Waals surface area contributed by atoms with Gasteiger partial charge in [-0.2, -0.15) is 0 Å². The van der Waals surface area contributed by atoms with Gasteiger partial charge in [0.25, 0.3) is 0 Å². The molecule has 5 aromatic rings. The van der Waals surface area contributed by atoms with Crippen LogP contribution in [-0.2, 0) is 10.1 Å². The summed E-state index contributed by atoms with van der Waals surface area (Å²) in [6.07, 6.45) is 1.57. The number of hydrogen-bond acceptors (Lipinski definition) is 7. The Hall–Kier alpha value is -3.40. The minimum atomic E-state index is -4.73. The molecule has 4 aromatic carbocycles. The number of hydrogen-bond donors (Lipinski definition) is 1. The maximum absolute atomic E-state index is 11.8. The van der Waals surface area contributed by atoms with E-state index in [0.29, 0.717) is 11.1 Å². The Balaban J connectivity index is 0.00000304. The van der Waals surface area contributed by atoms with Crippen molar-refractivity contribution < 1.29 is 42.5 Å². The number of rotatable bonds is 5. The molecular formula is C27H19N4NaO3S. The molecule has 0 saturated heterocycles. The van der Waals surface area contributed by atoms with E-state index < -0.39 is 10.1 Å². The molecule has 36 heavy (non-hydrogen) atoms. The first-order valence-corrected chi connectivity index (χ1v) is 12.1. The van der Waals surface area contributed by atoms with E-state index in [-0.39, 0.29) is 51.2 Å². The second kappa shape index (κ2) is 10.7. The van der Waals surface area contributed by atoms with Gasteiger partial charge < -0.3 is 10.3 Å². The summed E-state index contributed by atoms with van der Waals surface area (Å²) in [7, 11) is -4.73. The van der Waals surface area contributed by atoms with Crippen molar-refractivity contribution >= 4 is 38.0 Å². The first-order valence-electron chi connectivity index (χ1n) is 10.7. The van der Waals surface area contributed by atoms with Crippen LogP contribution in [0.4, 0.5) is 17.1 Å². The minimum absolute atomic E-state index is 0. The Bertz CT molecular complexity index is 1670. The fraction of sp³-hybridized carbons (Fsp3) is 0. The molecule has 5 rings (SSSR count). The zero-order valence-corrected chi connectivity index (χ0v) is 22.2. The predicted octanol–water partition coefficient (Wildman–Crippen LogP) is 3.47. The summed E-state index contributed by atoms with van der Waals surface area (Å²) in [6, 6.07) is 29.4. The molecule has 1 aromatic heterocycles. The maximum atomic E-state index is 11.8. The number of aromatic nitrogens is 1. The van der Waals surface area contributed by atoms with Gasteiger partial charge in [0.05, 0.1) is 22.5 Å². The van der Waals surface area contributed by atoms with Crippen LogP contribution in [0.25, 0.3) is 33.2 Å². The Kier molecular flexibility index (Phi) is 7.63. The van der Waals surface area contributed by atoms with Gasteiger partial charge in [-0.25, -0.2) is 8.42 Å². The van der Waals surface area contributed by atoms with Gasteiger partial charge in [0.1, 0.15) is 21.5 Å². The van der Waals surface area contributed by atoms with E-state index >= 15 is 0 Å². The number of pyridine rings is 1. The van der Waals surface area contributed by atoms with Crippen LogP contribution in [0.15, 0.2) is 118 Å². The molecule has 0 fully saturated rings. The molecule has 1 heterocycles. The number of nitrogen functional groups attached to an aromatic ring is 1. The van der Waals surface area contributed by atoms with Crippen molar-refractivity contribution in [3.8, 4) is 22.4 Å². The van der Waals surface area contributed by atoms with Crippen molar-refractivity contribution in [1.82, 2.24) is 4.98 Å². The van der Waals surface area contributed by atoms with E-state index in [2.05, 4.69) is 33.4 Å². The molecule has 172 valence electrons. The average Bonchev–Trinajstić information content (AvgIpc) is 2.89. The fourth-order valence-electron chi connectivity index (χ4n) is 3.86. The van der Waals surface area contributed by atoms with Crippen LogP contribution in [0.1, 0.15) is 0 Å². The summed E-state index contributed by atoms with van der Waals surface area (Å²) in [5.74, 6) is 0. The largest absolute Gasteiger partial charge is 1.00 e. The normalized spacial score (nSPS) is 11.5. The van der Waals surface area contributed by atoms with Crippen molar-refractivity contribution in [2.45, 2.75) is 4.90 Å². The van der Waals surface area contributed by atoms with Crippen molar-refractivity contribution in [3.63, 3.8) is 0 Å². The fourth-order valence-corrected chi connectivity index (χ4v) is 4.56. The van der Waals surface area contributed by atoms with E-state index in [0.717, 1.165) is 28.5 Å². The molecule has 0 saturated carbocycles. The van der Waals surface area contributed by atoms with Crippen molar-refractivity contribution in [2.24, 2.45) is 10.2 Å². The van der Waals surface area contributed by atoms with Crippen LogP contribution in [0.2, 0.25) is 0 Å². The molecule has 0 amide bonds. The number of fused-ring (bicyclic) bond motifs is 1. The van der Waals surface area contributed by atoms with Crippen molar-refractivity contribution in [2.75, 3.05) is 5.73 Å². The molecule has 0 unspecified atom stereocenters.